The van der Waals surface area contributed by atoms with Crippen LogP contribution in [0.15, 0.2) is 24.3 Å². The highest BCUT2D eigenvalue weighted by Crippen LogP contribution is 2.15. The van der Waals surface area contributed by atoms with E-state index in [-0.39, 0.29) is 24.8 Å². The number of nitrogens with zero attached hydrogens (tertiary/aromatic N) is 1. The Balaban J connectivity index is 2.32. The van der Waals surface area contributed by atoms with Crippen molar-refractivity contribution in [2.45, 2.75) is 6.42 Å². The fourth-order valence-electron chi connectivity index (χ4n) is 1.44. The minimum absolute atomic E-state index is 0.0331. The van der Waals surface area contributed by atoms with Crippen LogP contribution in [0.5, 0.6) is 5.75 Å². The van der Waals surface area contributed by atoms with Gasteiger partial charge in [0.2, 0.25) is 0 Å². The lowest BCUT2D eigenvalue weighted by atomic mass is 10.2. The number of amides is 1. The van der Waals surface area contributed by atoms with Crippen LogP contribution in [0.3, 0.4) is 0 Å². The molecule has 108 valence electrons. The Kier molecular flexibility index (Phi) is 6.00. The zero-order valence-electron chi connectivity index (χ0n) is 11.1. The molecule has 0 aromatic heterocycles. The topological polar surface area (TPSA) is 96.3 Å². The quantitative estimate of drug-likeness (QED) is 0.739. The summed E-state index contributed by atoms with van der Waals surface area (Å²) >= 11 is 0. The Morgan fingerprint density at radius 2 is 2.10 bits per heavy atom. The van der Waals surface area contributed by atoms with Crippen LogP contribution in [0.4, 0.5) is 0 Å². The molecule has 0 atom stereocenters. The molecule has 20 heavy (non-hydrogen) atoms. The molecule has 0 aliphatic carbocycles. The van der Waals surface area contributed by atoms with Gasteiger partial charge < -0.3 is 10.1 Å². The fourth-order valence-corrected chi connectivity index (χ4v) is 2.11. The molecule has 1 aromatic rings. The molecule has 6 nitrogen and oxygen atoms in total. The summed E-state index contributed by atoms with van der Waals surface area (Å²) in [6.45, 7) is 0.0622. The van der Waals surface area contributed by atoms with Crippen molar-refractivity contribution in [2.24, 2.45) is 0 Å². The van der Waals surface area contributed by atoms with Crippen molar-refractivity contribution in [3.63, 3.8) is 0 Å². The van der Waals surface area contributed by atoms with Gasteiger partial charge in [0.05, 0.1) is 11.3 Å². The summed E-state index contributed by atoms with van der Waals surface area (Å²) in [5.74, 6) is 0.0262. The summed E-state index contributed by atoms with van der Waals surface area (Å²) in [5, 5.41) is 11.4. The van der Waals surface area contributed by atoms with Gasteiger partial charge in [-0.15, -0.1) is 0 Å². The molecule has 0 saturated heterocycles. The first-order chi connectivity index (χ1) is 9.42. The van der Waals surface area contributed by atoms with Crippen LogP contribution in [0, 0.1) is 11.3 Å². The molecule has 0 aliphatic rings. The maximum atomic E-state index is 11.5. The van der Waals surface area contributed by atoms with Crippen molar-refractivity contribution in [3.05, 3.63) is 29.8 Å². The predicted molar refractivity (Wildman–Crippen MR) is 74.0 cm³/mol. The summed E-state index contributed by atoms with van der Waals surface area (Å²) in [6.07, 6.45) is 1.51. The molecule has 1 amide bonds. The van der Waals surface area contributed by atoms with E-state index in [9.17, 15) is 13.2 Å². The molecule has 0 spiro atoms. The molecule has 0 bridgehead atoms. The Bertz CT molecular complexity index is 605. The van der Waals surface area contributed by atoms with E-state index in [1.807, 2.05) is 6.07 Å². The van der Waals surface area contributed by atoms with Gasteiger partial charge in [-0.3, -0.25) is 4.79 Å². The predicted octanol–water partition coefficient (Wildman–Crippen LogP) is 0.488. The average Bonchev–Trinajstić information content (AvgIpc) is 2.40. The van der Waals surface area contributed by atoms with Gasteiger partial charge in [-0.05, 0) is 18.6 Å². The summed E-state index contributed by atoms with van der Waals surface area (Å²) in [5.41, 5.74) is 0.359. The number of carbonyl (C=O) groups is 1. The zero-order chi connectivity index (χ0) is 15.0. The first kappa shape index (κ1) is 16.0. The highest BCUT2D eigenvalue weighted by molar-refractivity contribution is 7.90. The van der Waals surface area contributed by atoms with Gasteiger partial charge in [-0.2, -0.15) is 5.26 Å². The zero-order valence-corrected chi connectivity index (χ0v) is 11.9. The lowest BCUT2D eigenvalue weighted by Crippen LogP contribution is -2.30. The molecule has 0 radical (unpaired) electrons. The van der Waals surface area contributed by atoms with Crippen molar-refractivity contribution in [2.75, 3.05) is 25.2 Å². The second-order valence-electron chi connectivity index (χ2n) is 4.23. The molecule has 0 unspecified atom stereocenters. The average molecular weight is 296 g/mol. The third-order valence-electron chi connectivity index (χ3n) is 2.38. The molecular weight excluding hydrogens is 280 g/mol. The summed E-state index contributed by atoms with van der Waals surface area (Å²) in [4.78, 5) is 11.5. The molecule has 0 aliphatic heterocycles. The third-order valence-corrected chi connectivity index (χ3v) is 3.41. The summed E-state index contributed by atoms with van der Waals surface area (Å²) in [7, 11) is -3.00. The SMILES string of the molecule is CS(=O)(=O)CCCNC(=O)COc1ccccc1C#N. The van der Waals surface area contributed by atoms with Crippen LogP contribution in [0.2, 0.25) is 0 Å². The van der Waals surface area contributed by atoms with Gasteiger partial charge in [0.1, 0.15) is 21.7 Å². The minimum atomic E-state index is -3.00. The number of sulfone groups is 1. The summed E-state index contributed by atoms with van der Waals surface area (Å²) in [6, 6.07) is 8.58. The smallest absolute Gasteiger partial charge is 0.257 e. The number of hydrogen-bond donors (Lipinski definition) is 1. The third kappa shape index (κ3) is 6.20. The Hall–Kier alpha value is -2.07. The van der Waals surface area contributed by atoms with Crippen LogP contribution >= 0.6 is 0 Å². The van der Waals surface area contributed by atoms with E-state index >= 15 is 0 Å². The largest absolute Gasteiger partial charge is 0.482 e. The lowest BCUT2D eigenvalue weighted by Gasteiger charge is -2.08. The van der Waals surface area contributed by atoms with Crippen LogP contribution in [-0.2, 0) is 14.6 Å². The molecule has 0 saturated carbocycles. The van der Waals surface area contributed by atoms with E-state index < -0.39 is 9.84 Å². The normalized spacial score (nSPS) is 10.6. The molecule has 7 heteroatoms. The number of rotatable bonds is 7. The van der Waals surface area contributed by atoms with E-state index in [1.54, 1.807) is 24.3 Å². The number of nitrogens with one attached hydrogen (secondary N) is 1. The number of para-hydroxylation sites is 1. The molecule has 0 heterocycles. The Morgan fingerprint density at radius 3 is 2.75 bits per heavy atom. The second kappa shape index (κ2) is 7.50. The standard InChI is InChI=1S/C13H16N2O4S/c1-20(17,18)8-4-7-15-13(16)10-19-12-6-3-2-5-11(12)9-14/h2-3,5-6H,4,7-8,10H2,1H3,(H,15,16). The molecule has 0 fully saturated rings. The minimum Gasteiger partial charge on any atom is -0.482 e. The first-order valence-corrected chi connectivity index (χ1v) is 8.05. The van der Waals surface area contributed by atoms with Gasteiger partial charge >= 0.3 is 0 Å². The van der Waals surface area contributed by atoms with Crippen molar-refractivity contribution < 1.29 is 17.9 Å². The first-order valence-electron chi connectivity index (χ1n) is 5.99. The van der Waals surface area contributed by atoms with Gasteiger partial charge in [0.25, 0.3) is 5.91 Å². The van der Waals surface area contributed by atoms with E-state index in [0.29, 0.717) is 17.7 Å². The van der Waals surface area contributed by atoms with Crippen LogP contribution < -0.4 is 10.1 Å². The molecule has 1 rings (SSSR count). The Morgan fingerprint density at radius 1 is 1.40 bits per heavy atom. The maximum Gasteiger partial charge on any atom is 0.257 e. The van der Waals surface area contributed by atoms with Gasteiger partial charge in [0.15, 0.2) is 6.61 Å². The van der Waals surface area contributed by atoms with Crippen LogP contribution in [0.1, 0.15) is 12.0 Å². The van der Waals surface area contributed by atoms with Gasteiger partial charge in [-0.25, -0.2) is 8.42 Å². The molecule has 1 aromatic carbocycles. The van der Waals surface area contributed by atoms with Crippen LogP contribution in [-0.4, -0.2) is 39.5 Å². The van der Waals surface area contributed by atoms with Crippen LogP contribution in [0.25, 0.3) is 0 Å². The number of ether oxygens (including phenoxy) is 1. The molecular formula is C13H16N2O4S. The van der Waals surface area contributed by atoms with Gasteiger partial charge in [0, 0.05) is 12.8 Å². The van der Waals surface area contributed by atoms with E-state index in [2.05, 4.69) is 5.32 Å². The Labute approximate surface area is 118 Å². The van der Waals surface area contributed by atoms with Crippen molar-refractivity contribution in [3.8, 4) is 11.8 Å². The number of nitriles is 1. The van der Waals surface area contributed by atoms with E-state index in [4.69, 9.17) is 10.00 Å². The number of benzene rings is 1. The monoisotopic (exact) mass is 296 g/mol. The maximum absolute atomic E-state index is 11.5. The van der Waals surface area contributed by atoms with Crippen molar-refractivity contribution >= 4 is 15.7 Å². The fraction of sp³-hybridized carbons (Fsp3) is 0.385. The van der Waals surface area contributed by atoms with E-state index in [1.165, 1.54) is 0 Å². The highest BCUT2D eigenvalue weighted by atomic mass is 32.2. The molecule has 1 N–H and O–H groups in total. The van der Waals surface area contributed by atoms with Gasteiger partial charge in [-0.1, -0.05) is 12.1 Å². The summed E-state index contributed by atoms with van der Waals surface area (Å²) < 4.78 is 27.0. The number of hydrogen-bond acceptors (Lipinski definition) is 5. The van der Waals surface area contributed by atoms with Crippen molar-refractivity contribution in [1.82, 2.24) is 5.32 Å². The lowest BCUT2D eigenvalue weighted by molar-refractivity contribution is -0.123. The number of carbonyl (C=O) groups excluding carboxylic acids is 1. The van der Waals surface area contributed by atoms with E-state index in [0.717, 1.165) is 6.26 Å². The highest BCUT2D eigenvalue weighted by Gasteiger charge is 2.06. The second-order valence-corrected chi connectivity index (χ2v) is 6.49. The van der Waals surface area contributed by atoms with Crippen molar-refractivity contribution in [1.29, 1.82) is 5.26 Å².